The third-order valence-corrected chi connectivity index (χ3v) is 3.47. The summed E-state index contributed by atoms with van der Waals surface area (Å²) in [5, 5.41) is 2.68. The fourth-order valence-corrected chi connectivity index (χ4v) is 2.36. The van der Waals surface area contributed by atoms with E-state index in [0.717, 1.165) is 0 Å². The van der Waals surface area contributed by atoms with Gasteiger partial charge < -0.3 is 15.0 Å². The molecule has 0 unspecified atom stereocenters. The van der Waals surface area contributed by atoms with Gasteiger partial charge in [-0.15, -0.1) is 0 Å². The summed E-state index contributed by atoms with van der Waals surface area (Å²) in [5.41, 5.74) is 1.00. The molecule has 1 N–H and O–H groups in total. The van der Waals surface area contributed by atoms with Crippen LogP contribution in [0, 0.1) is 0 Å². The predicted octanol–water partition coefficient (Wildman–Crippen LogP) is 0.823. The molecule has 1 aromatic carbocycles. The van der Waals surface area contributed by atoms with Crippen molar-refractivity contribution in [1.82, 2.24) is 4.90 Å². The Morgan fingerprint density at radius 2 is 1.95 bits per heavy atom. The van der Waals surface area contributed by atoms with E-state index < -0.39 is 0 Å². The van der Waals surface area contributed by atoms with Crippen molar-refractivity contribution < 1.29 is 19.1 Å². The number of rotatable bonds is 1. The van der Waals surface area contributed by atoms with Crippen LogP contribution in [-0.2, 0) is 9.59 Å². The lowest BCUT2D eigenvalue weighted by Crippen LogP contribution is -2.38. The van der Waals surface area contributed by atoms with Crippen molar-refractivity contribution in [3.05, 3.63) is 23.8 Å². The number of carbonyl (C=O) groups excluding carboxylic acids is 3. The van der Waals surface area contributed by atoms with Gasteiger partial charge in [-0.25, -0.2) is 0 Å². The summed E-state index contributed by atoms with van der Waals surface area (Å²) < 4.78 is 5.25. The number of hydrogen-bond donors (Lipinski definition) is 1. The fraction of sp³-hybridized carbons (Fsp3) is 0.357. The van der Waals surface area contributed by atoms with E-state index in [1.165, 1.54) is 0 Å². The van der Waals surface area contributed by atoms with Crippen LogP contribution in [0.15, 0.2) is 18.2 Å². The summed E-state index contributed by atoms with van der Waals surface area (Å²) in [6.07, 6.45) is 0.826. The number of amides is 2. The van der Waals surface area contributed by atoms with Gasteiger partial charge in [0.15, 0.2) is 6.61 Å². The third-order valence-electron chi connectivity index (χ3n) is 3.47. The summed E-state index contributed by atoms with van der Waals surface area (Å²) in [5.74, 6) is 0.404. The number of likely N-dealkylation sites (tertiary alicyclic amines) is 1. The first-order valence-electron chi connectivity index (χ1n) is 6.51. The Morgan fingerprint density at radius 1 is 1.20 bits per heavy atom. The lowest BCUT2D eigenvalue weighted by Gasteiger charge is -2.26. The zero-order valence-electron chi connectivity index (χ0n) is 10.8. The quantitative estimate of drug-likeness (QED) is 0.822. The zero-order valence-corrected chi connectivity index (χ0v) is 10.8. The second kappa shape index (κ2) is 4.96. The smallest absolute Gasteiger partial charge is 0.262 e. The number of anilines is 1. The molecule has 0 aromatic heterocycles. The Balaban J connectivity index is 1.80. The summed E-state index contributed by atoms with van der Waals surface area (Å²) in [6.45, 7) is 0.906. The molecule has 1 saturated heterocycles. The van der Waals surface area contributed by atoms with E-state index in [0.29, 0.717) is 42.9 Å². The first kappa shape index (κ1) is 12.7. The summed E-state index contributed by atoms with van der Waals surface area (Å²) in [4.78, 5) is 36.5. The van der Waals surface area contributed by atoms with Crippen molar-refractivity contribution in [1.29, 1.82) is 0 Å². The molecule has 1 aromatic rings. The molecular weight excluding hydrogens is 260 g/mol. The molecule has 6 heteroatoms. The Labute approximate surface area is 115 Å². The molecule has 0 spiro atoms. The maximum Gasteiger partial charge on any atom is 0.262 e. The molecule has 2 amide bonds. The van der Waals surface area contributed by atoms with Crippen molar-refractivity contribution in [2.24, 2.45) is 0 Å². The van der Waals surface area contributed by atoms with E-state index in [9.17, 15) is 14.4 Å². The molecule has 2 heterocycles. The molecule has 3 rings (SSSR count). The molecular formula is C14H14N2O4. The van der Waals surface area contributed by atoms with Crippen molar-refractivity contribution in [2.75, 3.05) is 25.0 Å². The number of Topliss-reactive ketones (excluding diaryl/α,β-unsaturated/α-hetero) is 1. The molecule has 104 valence electrons. The number of piperidine rings is 1. The van der Waals surface area contributed by atoms with Crippen LogP contribution in [-0.4, -0.2) is 42.2 Å². The van der Waals surface area contributed by atoms with Crippen LogP contribution in [0.5, 0.6) is 5.75 Å². The van der Waals surface area contributed by atoms with E-state index in [-0.39, 0.29) is 24.2 Å². The molecule has 6 nitrogen and oxygen atoms in total. The first-order valence-corrected chi connectivity index (χ1v) is 6.51. The van der Waals surface area contributed by atoms with E-state index in [2.05, 4.69) is 5.32 Å². The highest BCUT2D eigenvalue weighted by atomic mass is 16.5. The molecule has 20 heavy (non-hydrogen) atoms. The average Bonchev–Trinajstić information content (AvgIpc) is 2.46. The standard InChI is InChI=1S/C14H14N2O4/c17-10-3-5-16(6-4-10)14(19)9-1-2-12-11(7-9)15-13(18)8-20-12/h1-2,7H,3-6,8H2,(H,15,18). The second-order valence-corrected chi connectivity index (χ2v) is 4.88. The number of nitrogens with zero attached hydrogens (tertiary/aromatic N) is 1. The summed E-state index contributed by atoms with van der Waals surface area (Å²) >= 11 is 0. The van der Waals surface area contributed by atoms with Gasteiger partial charge in [0.05, 0.1) is 5.69 Å². The van der Waals surface area contributed by atoms with Gasteiger partial charge in [-0.05, 0) is 18.2 Å². The molecule has 2 aliphatic rings. The van der Waals surface area contributed by atoms with Gasteiger partial charge in [0.1, 0.15) is 11.5 Å². The van der Waals surface area contributed by atoms with Gasteiger partial charge in [0.2, 0.25) is 0 Å². The topological polar surface area (TPSA) is 75.7 Å². The molecule has 0 radical (unpaired) electrons. The minimum atomic E-state index is -0.231. The van der Waals surface area contributed by atoms with Crippen molar-refractivity contribution in [2.45, 2.75) is 12.8 Å². The molecule has 0 aliphatic carbocycles. The molecule has 0 atom stereocenters. The third kappa shape index (κ3) is 2.36. The van der Waals surface area contributed by atoms with Crippen LogP contribution in [0.4, 0.5) is 5.69 Å². The van der Waals surface area contributed by atoms with Gasteiger partial charge in [0, 0.05) is 31.5 Å². The highest BCUT2D eigenvalue weighted by Crippen LogP contribution is 2.29. The lowest BCUT2D eigenvalue weighted by atomic mass is 10.1. The maximum atomic E-state index is 12.3. The van der Waals surface area contributed by atoms with Crippen LogP contribution < -0.4 is 10.1 Å². The average molecular weight is 274 g/mol. The molecule has 2 aliphatic heterocycles. The highest BCUT2D eigenvalue weighted by molar-refractivity contribution is 6.00. The molecule has 0 bridgehead atoms. The minimum Gasteiger partial charge on any atom is -0.482 e. The number of ether oxygens (including phenoxy) is 1. The van der Waals surface area contributed by atoms with Gasteiger partial charge in [0.25, 0.3) is 11.8 Å². The number of hydrogen-bond acceptors (Lipinski definition) is 4. The summed E-state index contributed by atoms with van der Waals surface area (Å²) in [6, 6.07) is 4.97. The fourth-order valence-electron chi connectivity index (χ4n) is 2.36. The molecule has 1 fully saturated rings. The van der Waals surface area contributed by atoms with Gasteiger partial charge >= 0.3 is 0 Å². The SMILES string of the molecule is O=C1CCN(C(=O)c2ccc3c(c2)NC(=O)CO3)CC1. The van der Waals surface area contributed by atoms with Crippen molar-refractivity contribution in [3.8, 4) is 5.75 Å². The minimum absolute atomic E-state index is 0.00543. The highest BCUT2D eigenvalue weighted by Gasteiger charge is 2.23. The number of benzene rings is 1. The number of fused-ring (bicyclic) bond motifs is 1. The zero-order chi connectivity index (χ0) is 14.1. The van der Waals surface area contributed by atoms with E-state index in [1.54, 1.807) is 23.1 Å². The first-order chi connectivity index (χ1) is 9.63. The van der Waals surface area contributed by atoms with Crippen LogP contribution in [0.3, 0.4) is 0 Å². The Morgan fingerprint density at radius 3 is 2.70 bits per heavy atom. The number of nitrogens with one attached hydrogen (secondary N) is 1. The largest absolute Gasteiger partial charge is 0.482 e. The summed E-state index contributed by atoms with van der Waals surface area (Å²) in [7, 11) is 0. The van der Waals surface area contributed by atoms with E-state index in [4.69, 9.17) is 4.74 Å². The van der Waals surface area contributed by atoms with Gasteiger partial charge in [-0.1, -0.05) is 0 Å². The second-order valence-electron chi connectivity index (χ2n) is 4.88. The van der Waals surface area contributed by atoms with Crippen LogP contribution >= 0.6 is 0 Å². The van der Waals surface area contributed by atoms with Crippen molar-refractivity contribution in [3.63, 3.8) is 0 Å². The van der Waals surface area contributed by atoms with E-state index >= 15 is 0 Å². The normalized spacial score (nSPS) is 18.1. The van der Waals surface area contributed by atoms with Crippen LogP contribution in [0.25, 0.3) is 0 Å². The number of ketones is 1. The van der Waals surface area contributed by atoms with Gasteiger partial charge in [-0.3, -0.25) is 14.4 Å². The molecule has 0 saturated carbocycles. The van der Waals surface area contributed by atoms with Crippen LogP contribution in [0.2, 0.25) is 0 Å². The number of carbonyl (C=O) groups is 3. The Bertz CT molecular complexity index is 587. The van der Waals surface area contributed by atoms with Crippen LogP contribution in [0.1, 0.15) is 23.2 Å². The predicted molar refractivity (Wildman–Crippen MR) is 70.7 cm³/mol. The van der Waals surface area contributed by atoms with Crippen molar-refractivity contribution >= 4 is 23.3 Å². The Kier molecular flexibility index (Phi) is 3.14. The van der Waals surface area contributed by atoms with Gasteiger partial charge in [-0.2, -0.15) is 0 Å². The monoisotopic (exact) mass is 274 g/mol. The Hall–Kier alpha value is -2.37. The van der Waals surface area contributed by atoms with E-state index in [1.807, 2.05) is 0 Å². The maximum absolute atomic E-state index is 12.3. The lowest BCUT2D eigenvalue weighted by molar-refractivity contribution is -0.121.